The maximum atomic E-state index is 11.4. The van der Waals surface area contributed by atoms with E-state index in [-0.39, 0.29) is 6.54 Å². The van der Waals surface area contributed by atoms with E-state index in [9.17, 15) is 4.79 Å². The predicted molar refractivity (Wildman–Crippen MR) is 58.1 cm³/mol. The first-order chi connectivity index (χ1) is 7.13. The molecule has 2 N–H and O–H groups in total. The molecule has 0 bridgehead atoms. The molecule has 1 aromatic rings. The number of hydrogen-bond acceptors (Lipinski definition) is 4. The Balaban J connectivity index is 3.38. The first-order valence-corrected chi connectivity index (χ1v) is 4.94. The van der Waals surface area contributed by atoms with Crippen molar-refractivity contribution in [1.29, 1.82) is 5.26 Å². The maximum Gasteiger partial charge on any atom is 0.339 e. The standard InChI is InChI=1S/C10H9BrN2O2/c1-15-10(14)8-3-6(4-12)2-7(5-13)9(8)11/h2-3H,5,13H2,1H3. The van der Waals surface area contributed by atoms with Gasteiger partial charge in [-0.1, -0.05) is 0 Å². The molecule has 0 unspecified atom stereocenters. The van der Waals surface area contributed by atoms with Crippen molar-refractivity contribution in [2.24, 2.45) is 5.73 Å². The van der Waals surface area contributed by atoms with E-state index >= 15 is 0 Å². The summed E-state index contributed by atoms with van der Waals surface area (Å²) in [4.78, 5) is 11.4. The van der Waals surface area contributed by atoms with Crippen LogP contribution in [0, 0.1) is 11.3 Å². The van der Waals surface area contributed by atoms with Gasteiger partial charge in [0.2, 0.25) is 0 Å². The fourth-order valence-electron chi connectivity index (χ4n) is 1.16. The summed E-state index contributed by atoms with van der Waals surface area (Å²) in [6.45, 7) is 0.250. The normalized spacial score (nSPS) is 9.47. The second kappa shape index (κ2) is 4.91. The SMILES string of the molecule is COC(=O)c1cc(C#N)cc(CN)c1Br. The van der Waals surface area contributed by atoms with Crippen molar-refractivity contribution in [3.8, 4) is 6.07 Å². The molecule has 1 aromatic carbocycles. The summed E-state index contributed by atoms with van der Waals surface area (Å²) in [6.07, 6.45) is 0. The summed E-state index contributed by atoms with van der Waals surface area (Å²) in [5.41, 5.74) is 6.90. The van der Waals surface area contributed by atoms with Gasteiger partial charge in [0.25, 0.3) is 0 Å². The molecule has 0 fully saturated rings. The number of ether oxygens (including phenoxy) is 1. The molecule has 1 rings (SSSR count). The molecular formula is C10H9BrN2O2. The monoisotopic (exact) mass is 268 g/mol. The fraction of sp³-hybridized carbons (Fsp3) is 0.200. The van der Waals surface area contributed by atoms with E-state index in [0.717, 1.165) is 0 Å². The van der Waals surface area contributed by atoms with Gasteiger partial charge in [0.05, 0.1) is 24.3 Å². The van der Waals surface area contributed by atoms with Crippen molar-refractivity contribution >= 4 is 21.9 Å². The topological polar surface area (TPSA) is 76.1 Å². The molecule has 0 aromatic heterocycles. The Morgan fingerprint density at radius 1 is 1.67 bits per heavy atom. The van der Waals surface area contributed by atoms with Gasteiger partial charge < -0.3 is 10.5 Å². The van der Waals surface area contributed by atoms with Gasteiger partial charge in [-0.15, -0.1) is 0 Å². The van der Waals surface area contributed by atoms with Crippen LogP contribution in [0.5, 0.6) is 0 Å². The highest BCUT2D eigenvalue weighted by molar-refractivity contribution is 9.10. The number of benzene rings is 1. The third kappa shape index (κ3) is 2.35. The lowest BCUT2D eigenvalue weighted by Crippen LogP contribution is -2.07. The zero-order valence-electron chi connectivity index (χ0n) is 8.08. The first kappa shape index (κ1) is 11.7. The summed E-state index contributed by atoms with van der Waals surface area (Å²) in [5, 5.41) is 8.77. The second-order valence-electron chi connectivity index (χ2n) is 2.80. The second-order valence-corrected chi connectivity index (χ2v) is 3.60. The molecule has 0 spiro atoms. The van der Waals surface area contributed by atoms with Crippen LogP contribution in [0.3, 0.4) is 0 Å². The zero-order valence-corrected chi connectivity index (χ0v) is 9.67. The molecule has 0 atom stereocenters. The van der Waals surface area contributed by atoms with Crippen molar-refractivity contribution in [2.45, 2.75) is 6.54 Å². The Hall–Kier alpha value is -1.38. The third-order valence-corrected chi connectivity index (χ3v) is 2.84. The molecule has 0 aliphatic heterocycles. The van der Waals surface area contributed by atoms with Crippen LogP contribution in [0.2, 0.25) is 0 Å². The van der Waals surface area contributed by atoms with Gasteiger partial charge in [0, 0.05) is 11.0 Å². The molecule has 5 heteroatoms. The largest absolute Gasteiger partial charge is 0.465 e. The quantitative estimate of drug-likeness (QED) is 0.827. The lowest BCUT2D eigenvalue weighted by atomic mass is 10.1. The van der Waals surface area contributed by atoms with Crippen LogP contribution in [0.4, 0.5) is 0 Å². The minimum Gasteiger partial charge on any atom is -0.465 e. The summed E-state index contributed by atoms with van der Waals surface area (Å²) in [5.74, 6) is -0.492. The van der Waals surface area contributed by atoms with Crippen LogP contribution in [-0.2, 0) is 11.3 Å². The number of hydrogen-bond donors (Lipinski definition) is 1. The van der Waals surface area contributed by atoms with Gasteiger partial charge in [-0.05, 0) is 33.6 Å². The molecule has 0 heterocycles. The Kier molecular flexibility index (Phi) is 3.83. The third-order valence-electron chi connectivity index (χ3n) is 1.90. The Morgan fingerprint density at radius 3 is 2.80 bits per heavy atom. The van der Waals surface area contributed by atoms with Gasteiger partial charge >= 0.3 is 5.97 Å². The van der Waals surface area contributed by atoms with Crippen LogP contribution in [0.1, 0.15) is 21.5 Å². The number of nitrogens with zero attached hydrogens (tertiary/aromatic N) is 1. The van der Waals surface area contributed by atoms with Gasteiger partial charge in [-0.25, -0.2) is 4.79 Å². The number of nitriles is 1. The molecule has 0 radical (unpaired) electrons. The van der Waals surface area contributed by atoms with Crippen LogP contribution < -0.4 is 5.73 Å². The van der Waals surface area contributed by atoms with Crippen LogP contribution in [0.15, 0.2) is 16.6 Å². The number of rotatable bonds is 2. The number of carbonyl (C=O) groups is 1. The number of nitrogens with two attached hydrogens (primary N) is 1. The summed E-state index contributed by atoms with van der Waals surface area (Å²) >= 11 is 3.26. The number of halogens is 1. The van der Waals surface area contributed by atoms with Gasteiger partial charge in [0.15, 0.2) is 0 Å². The highest BCUT2D eigenvalue weighted by atomic mass is 79.9. The van der Waals surface area contributed by atoms with Crippen LogP contribution in [0.25, 0.3) is 0 Å². The minimum atomic E-state index is -0.492. The van der Waals surface area contributed by atoms with Crippen LogP contribution in [-0.4, -0.2) is 13.1 Å². The highest BCUT2D eigenvalue weighted by Gasteiger charge is 2.14. The molecule has 15 heavy (non-hydrogen) atoms. The van der Waals surface area contributed by atoms with E-state index in [1.54, 1.807) is 6.07 Å². The first-order valence-electron chi connectivity index (χ1n) is 4.15. The Morgan fingerprint density at radius 2 is 2.33 bits per heavy atom. The van der Waals surface area contributed by atoms with Crippen molar-refractivity contribution in [3.63, 3.8) is 0 Å². The highest BCUT2D eigenvalue weighted by Crippen LogP contribution is 2.24. The Bertz CT molecular complexity index is 438. The molecule has 78 valence electrons. The summed E-state index contributed by atoms with van der Waals surface area (Å²) < 4.78 is 5.18. The smallest absolute Gasteiger partial charge is 0.339 e. The Labute approximate surface area is 95.8 Å². The van der Waals surface area contributed by atoms with E-state index in [4.69, 9.17) is 11.0 Å². The van der Waals surface area contributed by atoms with Crippen molar-refractivity contribution in [2.75, 3.05) is 7.11 Å². The predicted octanol–water partition coefficient (Wildman–Crippen LogP) is 1.57. The fourth-order valence-corrected chi connectivity index (χ4v) is 1.71. The molecule has 4 nitrogen and oxygen atoms in total. The maximum absolute atomic E-state index is 11.4. The zero-order chi connectivity index (χ0) is 11.4. The van der Waals surface area contributed by atoms with E-state index in [0.29, 0.717) is 21.2 Å². The lowest BCUT2D eigenvalue weighted by molar-refractivity contribution is 0.0599. The average Bonchev–Trinajstić information content (AvgIpc) is 2.28. The van der Waals surface area contributed by atoms with E-state index in [1.807, 2.05) is 6.07 Å². The number of esters is 1. The number of methoxy groups -OCH3 is 1. The number of carbonyl (C=O) groups excluding carboxylic acids is 1. The van der Waals surface area contributed by atoms with E-state index in [2.05, 4.69) is 20.7 Å². The van der Waals surface area contributed by atoms with Crippen molar-refractivity contribution < 1.29 is 9.53 Å². The molecule has 0 aliphatic rings. The molecule has 0 aliphatic carbocycles. The lowest BCUT2D eigenvalue weighted by Gasteiger charge is -2.07. The molecule has 0 saturated heterocycles. The summed E-state index contributed by atoms with van der Waals surface area (Å²) in [6, 6.07) is 5.07. The minimum absolute atomic E-state index is 0.250. The van der Waals surface area contributed by atoms with Gasteiger partial charge in [-0.3, -0.25) is 0 Å². The van der Waals surface area contributed by atoms with Gasteiger partial charge in [-0.2, -0.15) is 5.26 Å². The molecular weight excluding hydrogens is 260 g/mol. The van der Waals surface area contributed by atoms with E-state index in [1.165, 1.54) is 13.2 Å². The average molecular weight is 269 g/mol. The molecule has 0 saturated carbocycles. The molecule has 0 amide bonds. The van der Waals surface area contributed by atoms with E-state index < -0.39 is 5.97 Å². The summed E-state index contributed by atoms with van der Waals surface area (Å²) in [7, 11) is 1.29. The van der Waals surface area contributed by atoms with Crippen molar-refractivity contribution in [3.05, 3.63) is 33.3 Å². The van der Waals surface area contributed by atoms with Crippen molar-refractivity contribution in [1.82, 2.24) is 0 Å². The van der Waals surface area contributed by atoms with Gasteiger partial charge in [0.1, 0.15) is 0 Å². The van der Waals surface area contributed by atoms with Crippen LogP contribution >= 0.6 is 15.9 Å².